The first-order valence-electron chi connectivity index (χ1n) is 29.3. The van der Waals surface area contributed by atoms with E-state index in [4.69, 9.17) is 9.47 Å². The molecule has 3 saturated heterocycles. The molecule has 4 fully saturated rings. The van der Waals surface area contributed by atoms with E-state index in [0.29, 0.717) is 48.4 Å². The average molecular weight is 1190 g/mol. The lowest BCUT2D eigenvalue weighted by Gasteiger charge is -2.33. The summed E-state index contributed by atoms with van der Waals surface area (Å²) in [6.45, 7) is 16.3. The molecule has 83 heavy (non-hydrogen) atoms. The van der Waals surface area contributed by atoms with Crippen molar-refractivity contribution < 1.29 is 43.0 Å². The van der Waals surface area contributed by atoms with Gasteiger partial charge in [0.05, 0.1) is 0 Å². The standard InChI is InChI=1S/C24H30N2O4.C23H28N2O2.C21H24BrNO3/c1-24(2,3)30-23(29)26-12-6-7-20(15-26)21(27)18-10-8-17-14-19(22(28)25(4)5)11-9-16(17)13-18;1-24(2)23(27)20-10-8-17-12-19(9-7-18(17)13-20)22(26)21-4-3-11-25(15-21)14-16-5-6-16;1-21(2,3)26-20(25)23-10-4-5-17(13-23)19(24)16-7-6-15-12-18(22)9-8-14(15)11-16/h8-11,13-14,20H,6-7,12,15H2,1-5H3;7-10,12-13,16,21H,3-6,11,14-15H2,1-2H3;6-9,11-12,17H,4-5,10,13H2,1-3H3. The van der Waals surface area contributed by atoms with Crippen LogP contribution in [0.2, 0.25) is 0 Å². The van der Waals surface area contributed by atoms with E-state index in [-0.39, 0.29) is 59.1 Å². The lowest BCUT2D eigenvalue weighted by Crippen LogP contribution is -2.44. The molecule has 6 aromatic carbocycles. The quantitative estimate of drug-likeness (QED) is 0.121. The molecule has 4 aliphatic rings. The highest BCUT2D eigenvalue weighted by molar-refractivity contribution is 9.10. The maximum Gasteiger partial charge on any atom is 0.410 e. The number of fused-ring (bicyclic) bond motifs is 3. The molecule has 3 heterocycles. The molecule has 3 unspecified atom stereocenters. The Morgan fingerprint density at radius 1 is 0.446 bits per heavy atom. The van der Waals surface area contributed by atoms with Crippen molar-refractivity contribution in [1.82, 2.24) is 24.5 Å². The van der Waals surface area contributed by atoms with Crippen LogP contribution in [0.5, 0.6) is 0 Å². The lowest BCUT2D eigenvalue weighted by molar-refractivity contribution is 0.0159. The fourth-order valence-corrected chi connectivity index (χ4v) is 11.5. The molecular formula is C68H82BrN5O9. The number of ether oxygens (including phenoxy) is 2. The Bertz CT molecular complexity index is 3390. The molecule has 0 N–H and O–H groups in total. The first-order chi connectivity index (χ1) is 39.3. The largest absolute Gasteiger partial charge is 0.444 e. The van der Waals surface area contributed by atoms with E-state index in [1.807, 2.05) is 139 Å². The second-order valence-electron chi connectivity index (χ2n) is 25.3. The SMILES string of the molecule is CC(C)(C)OC(=O)N1CCCC(C(=O)c2ccc3cc(Br)ccc3c2)C1.CN(C)C(=O)c1ccc2cc(C(=O)C3CCCN(C(=O)OC(C)(C)C)C3)ccc2c1.CN(C)C(=O)c1ccc2cc(C(=O)C3CCCN(CC4CC4)C3)ccc2c1. The van der Waals surface area contributed by atoms with Crippen LogP contribution in [0.15, 0.2) is 114 Å². The molecule has 0 bridgehead atoms. The minimum atomic E-state index is -0.556. The summed E-state index contributed by atoms with van der Waals surface area (Å²) in [5, 5.41) is 5.98. The van der Waals surface area contributed by atoms with Crippen LogP contribution in [0.25, 0.3) is 32.3 Å². The Morgan fingerprint density at radius 3 is 1.13 bits per heavy atom. The van der Waals surface area contributed by atoms with Crippen LogP contribution in [-0.2, 0) is 9.47 Å². The molecule has 0 radical (unpaired) electrons. The van der Waals surface area contributed by atoms with Gasteiger partial charge in [-0.25, -0.2) is 9.59 Å². The van der Waals surface area contributed by atoms with Crippen molar-refractivity contribution >= 4 is 89.6 Å². The van der Waals surface area contributed by atoms with E-state index in [2.05, 4.69) is 20.8 Å². The number of carbonyl (C=O) groups is 7. The summed E-state index contributed by atoms with van der Waals surface area (Å²) in [5.41, 5.74) is 2.34. The van der Waals surface area contributed by atoms with E-state index >= 15 is 0 Å². The number of hydrogen-bond donors (Lipinski definition) is 0. The highest BCUT2D eigenvalue weighted by Gasteiger charge is 2.34. The number of ketones is 3. The van der Waals surface area contributed by atoms with Crippen molar-refractivity contribution in [2.24, 2.45) is 23.7 Å². The summed E-state index contributed by atoms with van der Waals surface area (Å²) in [6.07, 6.45) is 7.28. The zero-order valence-electron chi connectivity index (χ0n) is 50.1. The van der Waals surface area contributed by atoms with Gasteiger partial charge in [-0.1, -0.05) is 70.5 Å². The third-order valence-electron chi connectivity index (χ3n) is 15.6. The van der Waals surface area contributed by atoms with Crippen LogP contribution in [0.3, 0.4) is 0 Å². The second kappa shape index (κ2) is 26.7. The predicted molar refractivity (Wildman–Crippen MR) is 332 cm³/mol. The fourth-order valence-electron chi connectivity index (χ4n) is 11.1. The molecule has 6 aromatic rings. The van der Waals surface area contributed by atoms with Gasteiger partial charge in [-0.05, 0) is 192 Å². The maximum atomic E-state index is 13.1. The Labute approximate surface area is 497 Å². The number of likely N-dealkylation sites (tertiary alicyclic amines) is 3. The molecule has 14 nitrogen and oxygen atoms in total. The Kier molecular flexibility index (Phi) is 20.0. The number of hydrogen-bond acceptors (Lipinski definition) is 10. The van der Waals surface area contributed by atoms with Gasteiger partial charge in [-0.3, -0.25) is 24.0 Å². The number of halogens is 1. The number of piperidine rings is 3. The highest BCUT2D eigenvalue weighted by atomic mass is 79.9. The minimum Gasteiger partial charge on any atom is -0.444 e. The maximum absolute atomic E-state index is 13.1. The van der Waals surface area contributed by atoms with E-state index in [9.17, 15) is 33.6 Å². The molecule has 440 valence electrons. The van der Waals surface area contributed by atoms with Crippen molar-refractivity contribution in [3.8, 4) is 0 Å². The molecule has 1 aliphatic carbocycles. The number of rotatable bonds is 10. The average Bonchev–Trinajstić information content (AvgIpc) is 4.38. The molecular weight excluding hydrogens is 1110 g/mol. The van der Waals surface area contributed by atoms with Crippen molar-refractivity contribution in [2.75, 3.05) is 74.0 Å². The molecule has 3 aliphatic heterocycles. The van der Waals surface area contributed by atoms with Crippen molar-refractivity contribution in [1.29, 1.82) is 0 Å². The summed E-state index contributed by atoms with van der Waals surface area (Å²) in [7, 11) is 6.95. The van der Waals surface area contributed by atoms with Gasteiger partial charge in [0.15, 0.2) is 17.3 Å². The second-order valence-corrected chi connectivity index (χ2v) is 26.2. The van der Waals surface area contributed by atoms with Crippen LogP contribution in [0.4, 0.5) is 9.59 Å². The van der Waals surface area contributed by atoms with Crippen LogP contribution in [0.1, 0.15) is 145 Å². The Balaban J connectivity index is 0.000000163. The van der Waals surface area contributed by atoms with Crippen LogP contribution in [-0.4, -0.2) is 151 Å². The molecule has 1 saturated carbocycles. The number of amides is 4. The fraction of sp³-hybridized carbons (Fsp3) is 0.456. The minimum absolute atomic E-state index is 0.00462. The Morgan fingerprint density at radius 2 is 0.771 bits per heavy atom. The summed E-state index contributed by atoms with van der Waals surface area (Å²) in [4.78, 5) is 97.1. The van der Waals surface area contributed by atoms with Crippen LogP contribution >= 0.6 is 15.9 Å². The number of carbonyl (C=O) groups excluding carboxylic acids is 7. The molecule has 15 heteroatoms. The molecule has 10 rings (SSSR count). The van der Waals surface area contributed by atoms with Gasteiger partial charge >= 0.3 is 12.2 Å². The van der Waals surface area contributed by atoms with Crippen LogP contribution in [0, 0.1) is 23.7 Å². The number of benzene rings is 6. The zero-order valence-corrected chi connectivity index (χ0v) is 51.7. The summed E-state index contributed by atoms with van der Waals surface area (Å²) < 4.78 is 11.9. The van der Waals surface area contributed by atoms with Gasteiger partial charge in [0, 0.05) is 118 Å². The van der Waals surface area contributed by atoms with Gasteiger partial charge in [-0.2, -0.15) is 0 Å². The van der Waals surface area contributed by atoms with Crippen LogP contribution < -0.4 is 0 Å². The zero-order chi connectivity index (χ0) is 59.9. The topological polar surface area (TPSA) is 154 Å². The van der Waals surface area contributed by atoms with Crippen molar-refractivity contribution in [2.45, 2.75) is 104 Å². The smallest absolute Gasteiger partial charge is 0.410 e. The van der Waals surface area contributed by atoms with Gasteiger partial charge in [0.25, 0.3) is 11.8 Å². The molecule has 0 spiro atoms. The van der Waals surface area contributed by atoms with E-state index < -0.39 is 11.2 Å². The monoisotopic (exact) mass is 1190 g/mol. The first-order valence-corrected chi connectivity index (χ1v) is 30.1. The summed E-state index contributed by atoms with van der Waals surface area (Å²) >= 11 is 3.47. The van der Waals surface area contributed by atoms with Gasteiger partial charge in [0.1, 0.15) is 11.2 Å². The van der Waals surface area contributed by atoms with Gasteiger partial charge in [-0.15, -0.1) is 0 Å². The van der Waals surface area contributed by atoms with E-state index in [1.165, 1.54) is 19.4 Å². The van der Waals surface area contributed by atoms with Crippen molar-refractivity contribution in [3.63, 3.8) is 0 Å². The van der Waals surface area contributed by atoms with E-state index in [1.54, 1.807) is 59.9 Å². The summed E-state index contributed by atoms with van der Waals surface area (Å²) in [5.74, 6) is 0.926. The number of nitrogens with zero attached hydrogens (tertiary/aromatic N) is 5. The normalized spacial score (nSPS) is 18.5. The van der Waals surface area contributed by atoms with Gasteiger partial charge < -0.3 is 34.0 Å². The van der Waals surface area contributed by atoms with Crippen molar-refractivity contribution in [3.05, 3.63) is 141 Å². The first kappa shape index (κ1) is 62.1. The molecule has 3 atom stereocenters. The predicted octanol–water partition coefficient (Wildman–Crippen LogP) is 13.6. The van der Waals surface area contributed by atoms with E-state index in [0.717, 1.165) is 99.9 Å². The van der Waals surface area contributed by atoms with Gasteiger partial charge in [0.2, 0.25) is 0 Å². The third-order valence-corrected chi connectivity index (χ3v) is 16.1. The lowest BCUT2D eigenvalue weighted by atomic mass is 9.89. The number of Topliss-reactive ketones (excluding diaryl/α,β-unsaturated/α-hetero) is 3. The highest BCUT2D eigenvalue weighted by Crippen LogP contribution is 2.33. The molecule has 0 aromatic heterocycles. The third kappa shape index (κ3) is 16.9. The molecule has 4 amide bonds. The summed E-state index contributed by atoms with van der Waals surface area (Å²) in [6, 6.07) is 34.4. The Hall–Kier alpha value is -6.97.